The number of nitrogens with one attached hydrogen (secondary N) is 1. The zero-order chi connectivity index (χ0) is 12.3. The molecule has 0 radical (unpaired) electrons. The molecule has 0 saturated heterocycles. The topological polar surface area (TPSA) is 64.3 Å². The highest BCUT2D eigenvalue weighted by atomic mass is 16.5. The second-order valence-electron chi connectivity index (χ2n) is 4.56. The third-order valence-electron chi connectivity index (χ3n) is 2.84. The number of carbonyl (C=O) groups excluding carboxylic acids is 1. The molecule has 1 aromatic carbocycles. The van der Waals surface area contributed by atoms with Crippen LogP contribution in [0.5, 0.6) is 5.75 Å². The molecule has 0 aromatic heterocycles. The lowest BCUT2D eigenvalue weighted by molar-refractivity contribution is -0.123. The number of aryl methyl sites for hydroxylation is 1. The van der Waals surface area contributed by atoms with Gasteiger partial charge in [0, 0.05) is 12.2 Å². The van der Waals surface area contributed by atoms with Gasteiger partial charge in [-0.05, 0) is 49.4 Å². The minimum atomic E-state index is -0.0619. The fraction of sp³-hybridized carbons (Fsp3) is 0.462. The van der Waals surface area contributed by atoms with E-state index in [1.165, 1.54) is 12.8 Å². The van der Waals surface area contributed by atoms with Gasteiger partial charge >= 0.3 is 0 Å². The maximum Gasteiger partial charge on any atom is 0.257 e. The summed E-state index contributed by atoms with van der Waals surface area (Å²) in [6.07, 6.45) is 2.47. The van der Waals surface area contributed by atoms with Crippen LogP contribution in [-0.2, 0) is 4.79 Å². The Morgan fingerprint density at radius 2 is 2.29 bits per heavy atom. The third-order valence-corrected chi connectivity index (χ3v) is 2.84. The first-order valence-corrected chi connectivity index (χ1v) is 5.91. The highest BCUT2D eigenvalue weighted by Crippen LogP contribution is 2.27. The van der Waals surface area contributed by atoms with Gasteiger partial charge in [-0.25, -0.2) is 0 Å². The van der Waals surface area contributed by atoms with E-state index in [0.717, 1.165) is 12.1 Å². The molecule has 92 valence electrons. The molecule has 1 aliphatic rings. The molecule has 0 spiro atoms. The predicted molar refractivity (Wildman–Crippen MR) is 66.8 cm³/mol. The first-order valence-electron chi connectivity index (χ1n) is 5.91. The van der Waals surface area contributed by atoms with Gasteiger partial charge < -0.3 is 15.8 Å². The molecule has 1 amide bonds. The van der Waals surface area contributed by atoms with E-state index >= 15 is 0 Å². The van der Waals surface area contributed by atoms with Crippen molar-refractivity contribution in [2.75, 3.05) is 18.9 Å². The van der Waals surface area contributed by atoms with E-state index in [-0.39, 0.29) is 12.5 Å². The summed E-state index contributed by atoms with van der Waals surface area (Å²) < 4.78 is 5.44. The summed E-state index contributed by atoms with van der Waals surface area (Å²) in [5.74, 6) is 1.34. The van der Waals surface area contributed by atoms with Crippen LogP contribution in [0.15, 0.2) is 18.2 Å². The summed E-state index contributed by atoms with van der Waals surface area (Å²) in [5.41, 5.74) is 7.28. The van der Waals surface area contributed by atoms with Gasteiger partial charge in [0.15, 0.2) is 6.61 Å². The molecule has 0 atom stereocenters. The van der Waals surface area contributed by atoms with E-state index in [1.807, 2.05) is 13.0 Å². The van der Waals surface area contributed by atoms with Crippen LogP contribution in [0.25, 0.3) is 0 Å². The van der Waals surface area contributed by atoms with Gasteiger partial charge in [-0.2, -0.15) is 0 Å². The molecular weight excluding hydrogens is 216 g/mol. The highest BCUT2D eigenvalue weighted by molar-refractivity contribution is 5.77. The van der Waals surface area contributed by atoms with E-state index < -0.39 is 0 Å². The van der Waals surface area contributed by atoms with Crippen LogP contribution in [0.4, 0.5) is 5.69 Å². The normalized spacial score (nSPS) is 14.4. The molecule has 1 aromatic rings. The largest absolute Gasteiger partial charge is 0.484 e. The lowest BCUT2D eigenvalue weighted by Gasteiger charge is -2.09. The molecule has 3 N–H and O–H groups in total. The molecule has 17 heavy (non-hydrogen) atoms. The highest BCUT2D eigenvalue weighted by Gasteiger charge is 2.21. The lowest BCUT2D eigenvalue weighted by Crippen LogP contribution is -2.30. The van der Waals surface area contributed by atoms with Crippen molar-refractivity contribution >= 4 is 11.6 Å². The summed E-state index contributed by atoms with van der Waals surface area (Å²) in [4.78, 5) is 11.5. The summed E-state index contributed by atoms with van der Waals surface area (Å²) in [6, 6.07) is 5.39. The average Bonchev–Trinajstić information content (AvgIpc) is 3.09. The lowest BCUT2D eigenvalue weighted by atomic mass is 10.2. The summed E-state index contributed by atoms with van der Waals surface area (Å²) in [7, 11) is 0. The molecular formula is C13H18N2O2. The monoisotopic (exact) mass is 234 g/mol. The van der Waals surface area contributed by atoms with Crippen molar-refractivity contribution in [3.63, 3.8) is 0 Å². The van der Waals surface area contributed by atoms with Gasteiger partial charge in [-0.3, -0.25) is 4.79 Å². The Bertz CT molecular complexity index is 414. The van der Waals surface area contributed by atoms with E-state index in [2.05, 4.69) is 5.32 Å². The smallest absolute Gasteiger partial charge is 0.257 e. The Balaban J connectivity index is 1.77. The summed E-state index contributed by atoms with van der Waals surface area (Å²) in [5, 5.41) is 2.86. The first kappa shape index (κ1) is 11.8. The Morgan fingerprint density at radius 1 is 1.53 bits per heavy atom. The number of amides is 1. The van der Waals surface area contributed by atoms with Gasteiger partial charge in [0.1, 0.15) is 5.75 Å². The molecule has 0 aliphatic heterocycles. The quantitative estimate of drug-likeness (QED) is 0.758. The first-order chi connectivity index (χ1) is 8.15. The molecule has 0 bridgehead atoms. The number of carbonyl (C=O) groups is 1. The SMILES string of the molecule is Cc1cc(N)ccc1OCC(=O)NCC1CC1. The number of nitrogen functional groups attached to an aromatic ring is 1. The molecule has 0 unspecified atom stereocenters. The van der Waals surface area contributed by atoms with Crippen molar-refractivity contribution in [3.05, 3.63) is 23.8 Å². The van der Waals surface area contributed by atoms with Gasteiger partial charge in [-0.1, -0.05) is 0 Å². The Hall–Kier alpha value is -1.71. The maximum atomic E-state index is 11.5. The van der Waals surface area contributed by atoms with E-state index in [9.17, 15) is 4.79 Å². The van der Waals surface area contributed by atoms with Crippen LogP contribution in [0.3, 0.4) is 0 Å². The third kappa shape index (κ3) is 3.66. The number of benzene rings is 1. The Labute approximate surface area is 101 Å². The van der Waals surface area contributed by atoms with Crippen LogP contribution in [0.1, 0.15) is 18.4 Å². The molecule has 4 nitrogen and oxygen atoms in total. The van der Waals surface area contributed by atoms with Crippen molar-refractivity contribution < 1.29 is 9.53 Å². The molecule has 1 fully saturated rings. The van der Waals surface area contributed by atoms with Gasteiger partial charge in [0.05, 0.1) is 0 Å². The van der Waals surface area contributed by atoms with Crippen molar-refractivity contribution in [1.82, 2.24) is 5.32 Å². The van der Waals surface area contributed by atoms with Crippen molar-refractivity contribution in [2.45, 2.75) is 19.8 Å². The minimum Gasteiger partial charge on any atom is -0.484 e. The zero-order valence-electron chi connectivity index (χ0n) is 10.0. The predicted octanol–water partition coefficient (Wildman–Crippen LogP) is 1.48. The van der Waals surface area contributed by atoms with Crippen LogP contribution in [-0.4, -0.2) is 19.1 Å². The average molecular weight is 234 g/mol. The fourth-order valence-electron chi connectivity index (χ4n) is 1.61. The van der Waals surface area contributed by atoms with E-state index in [0.29, 0.717) is 17.4 Å². The van der Waals surface area contributed by atoms with Gasteiger partial charge in [0.2, 0.25) is 0 Å². The Morgan fingerprint density at radius 3 is 2.94 bits per heavy atom. The van der Waals surface area contributed by atoms with Crippen LogP contribution in [0.2, 0.25) is 0 Å². The molecule has 4 heteroatoms. The van der Waals surface area contributed by atoms with Crippen molar-refractivity contribution in [2.24, 2.45) is 5.92 Å². The number of hydrogen-bond donors (Lipinski definition) is 2. The Kier molecular flexibility index (Phi) is 3.52. The van der Waals surface area contributed by atoms with Crippen molar-refractivity contribution in [3.8, 4) is 5.75 Å². The van der Waals surface area contributed by atoms with Gasteiger partial charge in [0.25, 0.3) is 5.91 Å². The number of hydrogen-bond acceptors (Lipinski definition) is 3. The number of rotatable bonds is 5. The second-order valence-corrected chi connectivity index (χ2v) is 4.56. The number of anilines is 1. The van der Waals surface area contributed by atoms with Crippen LogP contribution >= 0.6 is 0 Å². The number of ether oxygens (including phenoxy) is 1. The fourth-order valence-corrected chi connectivity index (χ4v) is 1.61. The zero-order valence-corrected chi connectivity index (χ0v) is 10.0. The van der Waals surface area contributed by atoms with E-state index in [4.69, 9.17) is 10.5 Å². The van der Waals surface area contributed by atoms with Gasteiger partial charge in [-0.15, -0.1) is 0 Å². The molecule has 1 saturated carbocycles. The summed E-state index contributed by atoms with van der Waals surface area (Å²) in [6.45, 7) is 2.76. The van der Waals surface area contributed by atoms with Crippen LogP contribution in [0, 0.1) is 12.8 Å². The van der Waals surface area contributed by atoms with E-state index in [1.54, 1.807) is 12.1 Å². The second kappa shape index (κ2) is 5.08. The molecule has 2 rings (SSSR count). The van der Waals surface area contributed by atoms with Crippen LogP contribution < -0.4 is 15.8 Å². The standard InChI is InChI=1S/C13H18N2O2/c1-9-6-11(14)4-5-12(9)17-8-13(16)15-7-10-2-3-10/h4-6,10H,2-3,7-8,14H2,1H3,(H,15,16). The number of nitrogens with two attached hydrogens (primary N) is 1. The summed E-state index contributed by atoms with van der Waals surface area (Å²) >= 11 is 0. The van der Waals surface area contributed by atoms with Crippen molar-refractivity contribution in [1.29, 1.82) is 0 Å². The molecule has 1 aliphatic carbocycles. The maximum absolute atomic E-state index is 11.5. The molecule has 0 heterocycles. The minimum absolute atomic E-state index is 0.0619.